The third kappa shape index (κ3) is 5.90. The van der Waals surface area contributed by atoms with Crippen LogP contribution < -0.4 is 10.2 Å². The summed E-state index contributed by atoms with van der Waals surface area (Å²) in [4.78, 5) is 45.1. The summed E-state index contributed by atoms with van der Waals surface area (Å²) in [6.07, 6.45) is 5.61. The Bertz CT molecular complexity index is 1590. The van der Waals surface area contributed by atoms with Crippen LogP contribution in [0.1, 0.15) is 53.6 Å². The normalized spacial score (nSPS) is 15.5. The van der Waals surface area contributed by atoms with Gasteiger partial charge in [-0.1, -0.05) is 97.6 Å². The molecule has 1 heterocycles. The van der Waals surface area contributed by atoms with Gasteiger partial charge in [0.05, 0.1) is 5.69 Å². The molecule has 1 N–H and O–H groups in total. The van der Waals surface area contributed by atoms with Gasteiger partial charge in [0.25, 0.3) is 5.91 Å². The summed E-state index contributed by atoms with van der Waals surface area (Å²) < 4.78 is 0. The summed E-state index contributed by atoms with van der Waals surface area (Å²) in [5.41, 5.74) is 3.13. The number of hydrogen-bond acceptors (Lipinski definition) is 3. The molecule has 4 aromatic rings. The number of nitrogens with zero attached hydrogens (tertiary/aromatic N) is 2. The van der Waals surface area contributed by atoms with E-state index in [4.69, 9.17) is 11.6 Å². The van der Waals surface area contributed by atoms with E-state index in [2.05, 4.69) is 5.32 Å². The van der Waals surface area contributed by atoms with Crippen LogP contribution in [0.4, 0.5) is 5.69 Å². The zero-order valence-electron chi connectivity index (χ0n) is 23.5. The van der Waals surface area contributed by atoms with Crippen molar-refractivity contribution in [1.29, 1.82) is 0 Å². The number of carbonyl (C=O) groups excluding carboxylic acids is 3. The first-order valence-electron chi connectivity index (χ1n) is 14.7. The van der Waals surface area contributed by atoms with Crippen LogP contribution in [0.2, 0.25) is 5.02 Å². The first-order valence-corrected chi connectivity index (χ1v) is 15.1. The van der Waals surface area contributed by atoms with Gasteiger partial charge in [-0.2, -0.15) is 0 Å². The number of amides is 3. The van der Waals surface area contributed by atoms with Gasteiger partial charge in [0.15, 0.2) is 0 Å². The van der Waals surface area contributed by atoms with Gasteiger partial charge in [0.2, 0.25) is 11.8 Å². The molecule has 4 aromatic carbocycles. The first-order chi connectivity index (χ1) is 20.5. The Balaban J connectivity index is 1.34. The molecule has 6 rings (SSSR count). The van der Waals surface area contributed by atoms with Gasteiger partial charge in [0.1, 0.15) is 12.6 Å². The number of hydrogen-bond donors (Lipinski definition) is 1. The minimum atomic E-state index is -0.756. The molecule has 1 aliphatic heterocycles. The van der Waals surface area contributed by atoms with Crippen LogP contribution >= 0.6 is 11.6 Å². The topological polar surface area (TPSA) is 69.7 Å². The van der Waals surface area contributed by atoms with E-state index >= 15 is 0 Å². The molecule has 0 unspecified atom stereocenters. The summed E-state index contributed by atoms with van der Waals surface area (Å²) in [6.45, 7) is 0.0486. The minimum Gasteiger partial charge on any atom is -0.352 e. The second-order valence-corrected chi connectivity index (χ2v) is 11.7. The highest BCUT2D eigenvalue weighted by atomic mass is 35.5. The highest BCUT2D eigenvalue weighted by molar-refractivity contribution is 6.30. The summed E-state index contributed by atoms with van der Waals surface area (Å²) in [5, 5.41) is 5.68. The van der Waals surface area contributed by atoms with E-state index in [0.29, 0.717) is 17.0 Å². The monoisotopic (exact) mass is 579 g/mol. The molecule has 1 aliphatic carbocycles. The molecule has 6 nitrogen and oxygen atoms in total. The van der Waals surface area contributed by atoms with E-state index in [1.165, 1.54) is 6.42 Å². The van der Waals surface area contributed by atoms with E-state index in [1.54, 1.807) is 28.0 Å². The molecular formula is C35H34ClN3O3. The molecule has 0 saturated heterocycles. The molecule has 0 spiro atoms. The SMILES string of the molecule is O=C(NC1CCCCC1)[C@H](Cc1ccccc1)N(Cc1ccc(Cl)cc1)C(=O)CN1C(=O)c2cccc3cccc1c23. The number of nitrogens with one attached hydrogen (secondary N) is 1. The first kappa shape index (κ1) is 28.0. The van der Waals surface area contributed by atoms with Crippen LogP contribution in [0.5, 0.6) is 0 Å². The van der Waals surface area contributed by atoms with E-state index < -0.39 is 6.04 Å². The van der Waals surface area contributed by atoms with Crippen LogP contribution in [0.3, 0.4) is 0 Å². The number of rotatable bonds is 9. The van der Waals surface area contributed by atoms with Gasteiger partial charge in [0, 0.05) is 35.0 Å². The summed E-state index contributed by atoms with van der Waals surface area (Å²) in [5.74, 6) is -0.651. The highest BCUT2D eigenvalue weighted by Gasteiger charge is 2.36. The van der Waals surface area contributed by atoms with Crippen LogP contribution in [0, 0.1) is 0 Å². The summed E-state index contributed by atoms with van der Waals surface area (Å²) >= 11 is 6.16. The standard InChI is InChI=1S/C35H34ClN3O3/c36-27-19-17-25(18-20-27)22-38(31(21-24-9-3-1-4-10-24)34(41)37-28-13-5-2-6-14-28)32(40)23-39-30-16-8-12-26-11-7-15-29(33(26)30)35(39)42/h1,3-4,7-12,15-20,28,31H,2,5-6,13-14,21-23H2,(H,37,41)/t31-/m0/s1. The Morgan fingerprint density at radius 2 is 1.57 bits per heavy atom. The smallest absolute Gasteiger partial charge is 0.259 e. The van der Waals surface area contributed by atoms with Crippen LogP contribution in [-0.2, 0) is 22.6 Å². The van der Waals surface area contributed by atoms with Crippen molar-refractivity contribution in [3.05, 3.63) is 113 Å². The fourth-order valence-electron chi connectivity index (χ4n) is 6.25. The minimum absolute atomic E-state index is 0.101. The molecule has 0 aromatic heterocycles. The lowest BCUT2D eigenvalue weighted by atomic mass is 9.94. The van der Waals surface area contributed by atoms with E-state index in [-0.39, 0.29) is 36.9 Å². The van der Waals surface area contributed by atoms with Crippen molar-refractivity contribution in [3.63, 3.8) is 0 Å². The highest BCUT2D eigenvalue weighted by Crippen LogP contribution is 2.37. The Kier molecular flexibility index (Phi) is 8.24. The molecule has 42 heavy (non-hydrogen) atoms. The Morgan fingerprint density at radius 3 is 2.31 bits per heavy atom. The van der Waals surface area contributed by atoms with Crippen molar-refractivity contribution in [2.24, 2.45) is 0 Å². The lowest BCUT2D eigenvalue weighted by molar-refractivity contribution is -0.140. The van der Waals surface area contributed by atoms with Crippen molar-refractivity contribution in [2.75, 3.05) is 11.4 Å². The zero-order valence-corrected chi connectivity index (χ0v) is 24.2. The predicted octanol–water partition coefficient (Wildman–Crippen LogP) is 6.54. The fourth-order valence-corrected chi connectivity index (χ4v) is 6.37. The quantitative estimate of drug-likeness (QED) is 0.245. The van der Waals surface area contributed by atoms with Gasteiger partial charge in [-0.25, -0.2) is 0 Å². The fraction of sp³-hybridized carbons (Fsp3) is 0.286. The molecule has 0 radical (unpaired) electrons. The van der Waals surface area contributed by atoms with Crippen molar-refractivity contribution < 1.29 is 14.4 Å². The van der Waals surface area contributed by atoms with Gasteiger partial charge in [-0.15, -0.1) is 0 Å². The third-order valence-electron chi connectivity index (χ3n) is 8.43. The number of carbonyl (C=O) groups is 3. The molecule has 1 saturated carbocycles. The molecule has 0 bridgehead atoms. The molecule has 2 aliphatic rings. The van der Waals surface area contributed by atoms with Crippen molar-refractivity contribution in [1.82, 2.24) is 10.2 Å². The average Bonchev–Trinajstić information content (AvgIpc) is 3.28. The van der Waals surface area contributed by atoms with E-state index in [9.17, 15) is 14.4 Å². The van der Waals surface area contributed by atoms with Crippen LogP contribution in [0.15, 0.2) is 91.0 Å². The summed E-state index contributed by atoms with van der Waals surface area (Å²) in [6, 6.07) is 27.8. The third-order valence-corrected chi connectivity index (χ3v) is 8.68. The van der Waals surface area contributed by atoms with Crippen molar-refractivity contribution in [2.45, 2.75) is 57.2 Å². The number of benzene rings is 4. The van der Waals surface area contributed by atoms with Gasteiger partial charge < -0.3 is 10.2 Å². The largest absolute Gasteiger partial charge is 0.352 e. The molecule has 1 fully saturated rings. The Labute approximate surface area is 251 Å². The van der Waals surface area contributed by atoms with Gasteiger partial charge >= 0.3 is 0 Å². The van der Waals surface area contributed by atoms with Gasteiger partial charge in [-0.3, -0.25) is 19.3 Å². The lowest BCUT2D eigenvalue weighted by Crippen LogP contribution is -2.54. The Morgan fingerprint density at radius 1 is 0.857 bits per heavy atom. The second kappa shape index (κ2) is 12.4. The molecule has 214 valence electrons. The maximum Gasteiger partial charge on any atom is 0.259 e. The van der Waals surface area contributed by atoms with Crippen LogP contribution in [-0.4, -0.2) is 41.2 Å². The average molecular weight is 580 g/mol. The second-order valence-electron chi connectivity index (χ2n) is 11.3. The van der Waals surface area contributed by atoms with E-state index in [0.717, 1.165) is 53.3 Å². The molecular weight excluding hydrogens is 546 g/mol. The van der Waals surface area contributed by atoms with Crippen LogP contribution in [0.25, 0.3) is 10.8 Å². The predicted molar refractivity (Wildman–Crippen MR) is 167 cm³/mol. The Hall–Kier alpha value is -4.16. The lowest BCUT2D eigenvalue weighted by Gasteiger charge is -2.34. The van der Waals surface area contributed by atoms with E-state index in [1.807, 2.05) is 72.8 Å². The number of halogens is 1. The molecule has 3 amide bonds. The molecule has 7 heteroatoms. The van der Waals surface area contributed by atoms with Crippen molar-refractivity contribution in [3.8, 4) is 0 Å². The molecule has 1 atom stereocenters. The van der Waals surface area contributed by atoms with Gasteiger partial charge in [-0.05, 0) is 53.6 Å². The summed E-state index contributed by atoms with van der Waals surface area (Å²) in [7, 11) is 0. The zero-order chi connectivity index (χ0) is 29.1. The maximum absolute atomic E-state index is 14.3. The maximum atomic E-state index is 14.3. The number of anilines is 1. The van der Waals surface area contributed by atoms with Crippen molar-refractivity contribution >= 4 is 45.8 Å².